The summed E-state index contributed by atoms with van der Waals surface area (Å²) in [5.74, 6) is 0.216. The summed E-state index contributed by atoms with van der Waals surface area (Å²) in [6.45, 7) is 5.03. The molecule has 0 aromatic heterocycles. The van der Waals surface area contributed by atoms with Crippen LogP contribution < -0.4 is 0 Å². The van der Waals surface area contributed by atoms with Crippen molar-refractivity contribution in [2.75, 3.05) is 6.61 Å². The molecular weight excluding hydrogens is 274 g/mol. The number of nitrogens with zero attached hydrogens (tertiary/aromatic N) is 1. The Morgan fingerprint density at radius 1 is 1.00 bits per heavy atom. The van der Waals surface area contributed by atoms with Gasteiger partial charge in [0.15, 0.2) is 12.3 Å². The van der Waals surface area contributed by atoms with E-state index in [0.29, 0.717) is 13.2 Å². The molecule has 1 unspecified atom stereocenters. The van der Waals surface area contributed by atoms with Crippen molar-refractivity contribution in [2.45, 2.75) is 26.5 Å². The van der Waals surface area contributed by atoms with Crippen LogP contribution in [-0.2, 0) is 11.3 Å². The Labute approximate surface area is 132 Å². The SMILES string of the molecule is CC(C)C(COCc1ccccc1)/[N+]([O-])=C/c1ccccc1. The average molecular weight is 297 g/mol. The third-order valence-electron chi connectivity index (χ3n) is 3.57. The lowest BCUT2D eigenvalue weighted by Crippen LogP contribution is -2.33. The quantitative estimate of drug-likeness (QED) is 0.337. The number of hydrogen-bond acceptors (Lipinski definition) is 2. The van der Waals surface area contributed by atoms with Gasteiger partial charge in [-0.3, -0.25) is 0 Å². The molecule has 2 aromatic carbocycles. The minimum atomic E-state index is -0.191. The third kappa shape index (κ3) is 5.01. The summed E-state index contributed by atoms with van der Waals surface area (Å²) in [4.78, 5) is 0. The molecule has 0 saturated heterocycles. The number of hydroxylamine groups is 1. The Balaban J connectivity index is 1.96. The van der Waals surface area contributed by atoms with Crippen LogP contribution in [0, 0.1) is 11.1 Å². The Morgan fingerprint density at radius 2 is 1.59 bits per heavy atom. The van der Waals surface area contributed by atoms with Crippen molar-refractivity contribution in [3.63, 3.8) is 0 Å². The lowest BCUT2D eigenvalue weighted by atomic mass is 10.1. The highest BCUT2D eigenvalue weighted by molar-refractivity contribution is 5.75. The number of ether oxygens (including phenoxy) is 1. The van der Waals surface area contributed by atoms with Crippen molar-refractivity contribution < 1.29 is 9.48 Å². The van der Waals surface area contributed by atoms with Gasteiger partial charge in [-0.05, 0) is 17.7 Å². The van der Waals surface area contributed by atoms with Gasteiger partial charge >= 0.3 is 0 Å². The van der Waals surface area contributed by atoms with E-state index in [1.165, 1.54) is 0 Å². The van der Waals surface area contributed by atoms with E-state index in [1.54, 1.807) is 6.21 Å². The maximum atomic E-state index is 12.4. The second-order valence-corrected chi connectivity index (χ2v) is 5.71. The van der Waals surface area contributed by atoms with Crippen molar-refractivity contribution in [2.24, 2.45) is 5.92 Å². The molecule has 0 heterocycles. The van der Waals surface area contributed by atoms with Gasteiger partial charge in [-0.25, -0.2) is 4.74 Å². The van der Waals surface area contributed by atoms with Crippen molar-refractivity contribution >= 4 is 6.21 Å². The lowest BCUT2D eigenvalue weighted by molar-refractivity contribution is -0.510. The molecule has 0 aliphatic carbocycles. The molecule has 0 bridgehead atoms. The number of rotatable bonds is 7. The Bertz CT molecular complexity index is 579. The molecule has 22 heavy (non-hydrogen) atoms. The van der Waals surface area contributed by atoms with E-state index in [1.807, 2.05) is 74.5 Å². The van der Waals surface area contributed by atoms with Crippen molar-refractivity contribution in [1.29, 1.82) is 0 Å². The highest BCUT2D eigenvalue weighted by atomic mass is 16.5. The summed E-state index contributed by atoms with van der Waals surface area (Å²) in [5.41, 5.74) is 2.03. The van der Waals surface area contributed by atoms with E-state index < -0.39 is 0 Å². The summed E-state index contributed by atoms with van der Waals surface area (Å²) in [5, 5.41) is 12.4. The molecule has 0 aliphatic heterocycles. The number of hydrogen-bond donors (Lipinski definition) is 0. The highest BCUT2D eigenvalue weighted by Crippen LogP contribution is 2.09. The minimum Gasteiger partial charge on any atom is -0.624 e. The zero-order chi connectivity index (χ0) is 15.8. The normalized spacial score (nSPS) is 13.3. The fraction of sp³-hybridized carbons (Fsp3) is 0.316. The standard InChI is InChI=1S/C19H23NO2/c1-16(2)19(15-22-14-18-11-7-4-8-12-18)20(21)13-17-9-5-3-6-10-17/h3-13,16,19H,14-15H2,1-2H3/b20-13-. The molecule has 3 nitrogen and oxygen atoms in total. The van der Waals surface area contributed by atoms with Crippen LogP contribution in [0.3, 0.4) is 0 Å². The van der Waals surface area contributed by atoms with Crippen LogP contribution in [0.25, 0.3) is 0 Å². The van der Waals surface area contributed by atoms with Crippen LogP contribution in [0.15, 0.2) is 60.7 Å². The van der Waals surface area contributed by atoms with Crippen LogP contribution in [-0.4, -0.2) is 23.6 Å². The molecule has 1 atom stereocenters. The molecule has 2 rings (SSSR count). The molecule has 0 saturated carbocycles. The monoisotopic (exact) mass is 297 g/mol. The van der Waals surface area contributed by atoms with Gasteiger partial charge in [0.2, 0.25) is 0 Å². The van der Waals surface area contributed by atoms with Crippen molar-refractivity contribution in [3.8, 4) is 0 Å². The fourth-order valence-corrected chi connectivity index (χ4v) is 2.21. The molecule has 0 aliphatic rings. The van der Waals surface area contributed by atoms with E-state index >= 15 is 0 Å². The van der Waals surface area contributed by atoms with E-state index in [2.05, 4.69) is 0 Å². The van der Waals surface area contributed by atoms with Gasteiger partial charge in [-0.15, -0.1) is 0 Å². The molecule has 0 spiro atoms. The van der Waals surface area contributed by atoms with Crippen LogP contribution >= 0.6 is 0 Å². The molecule has 0 N–H and O–H groups in total. The first-order chi connectivity index (χ1) is 10.7. The first-order valence-corrected chi connectivity index (χ1v) is 7.64. The second-order valence-electron chi connectivity index (χ2n) is 5.71. The van der Waals surface area contributed by atoms with Crippen LogP contribution in [0.2, 0.25) is 0 Å². The lowest BCUT2D eigenvalue weighted by Gasteiger charge is -2.20. The van der Waals surface area contributed by atoms with Crippen LogP contribution in [0.1, 0.15) is 25.0 Å². The van der Waals surface area contributed by atoms with Gasteiger partial charge in [0.1, 0.15) is 6.61 Å². The Hall–Kier alpha value is -2.13. The van der Waals surface area contributed by atoms with Crippen LogP contribution in [0.4, 0.5) is 0 Å². The summed E-state index contributed by atoms with van der Waals surface area (Å²) in [7, 11) is 0. The zero-order valence-electron chi connectivity index (χ0n) is 13.2. The molecule has 0 fully saturated rings. The molecule has 0 amide bonds. The van der Waals surface area contributed by atoms with Gasteiger partial charge in [-0.1, -0.05) is 62.4 Å². The Kier molecular flexibility index (Phi) is 6.16. The van der Waals surface area contributed by atoms with Gasteiger partial charge in [0.25, 0.3) is 0 Å². The number of benzene rings is 2. The molecular formula is C19H23NO2. The molecule has 3 heteroatoms. The predicted octanol–water partition coefficient (Wildman–Crippen LogP) is 3.86. The summed E-state index contributed by atoms with van der Waals surface area (Å²) < 4.78 is 6.76. The van der Waals surface area contributed by atoms with E-state index in [-0.39, 0.29) is 12.0 Å². The smallest absolute Gasteiger partial charge is 0.188 e. The van der Waals surface area contributed by atoms with Gasteiger partial charge in [-0.2, -0.15) is 0 Å². The summed E-state index contributed by atoms with van der Waals surface area (Å²) in [6, 6.07) is 19.5. The molecule has 0 radical (unpaired) electrons. The van der Waals surface area contributed by atoms with Gasteiger partial charge in [0, 0.05) is 11.5 Å². The highest BCUT2D eigenvalue weighted by Gasteiger charge is 2.21. The minimum absolute atomic E-state index is 0.191. The average Bonchev–Trinajstić information content (AvgIpc) is 2.53. The molecule has 2 aromatic rings. The van der Waals surface area contributed by atoms with Crippen molar-refractivity contribution in [3.05, 3.63) is 77.0 Å². The van der Waals surface area contributed by atoms with Crippen LogP contribution in [0.5, 0.6) is 0 Å². The fourth-order valence-electron chi connectivity index (χ4n) is 2.21. The second kappa shape index (κ2) is 8.35. The summed E-state index contributed by atoms with van der Waals surface area (Å²) >= 11 is 0. The van der Waals surface area contributed by atoms with E-state index in [0.717, 1.165) is 15.9 Å². The Morgan fingerprint density at radius 3 is 2.18 bits per heavy atom. The summed E-state index contributed by atoms with van der Waals surface area (Å²) in [6.07, 6.45) is 1.64. The third-order valence-corrected chi connectivity index (χ3v) is 3.57. The topological polar surface area (TPSA) is 35.3 Å². The zero-order valence-corrected chi connectivity index (χ0v) is 13.2. The first kappa shape index (κ1) is 16.2. The first-order valence-electron chi connectivity index (χ1n) is 7.64. The van der Waals surface area contributed by atoms with Gasteiger partial charge in [0.05, 0.1) is 6.61 Å². The van der Waals surface area contributed by atoms with E-state index in [9.17, 15) is 5.21 Å². The molecule has 116 valence electrons. The predicted molar refractivity (Wildman–Crippen MR) is 90.0 cm³/mol. The largest absolute Gasteiger partial charge is 0.624 e. The van der Waals surface area contributed by atoms with E-state index in [4.69, 9.17) is 4.74 Å². The maximum absolute atomic E-state index is 12.4. The maximum Gasteiger partial charge on any atom is 0.188 e. The van der Waals surface area contributed by atoms with Gasteiger partial charge < -0.3 is 9.94 Å². The van der Waals surface area contributed by atoms with Crippen molar-refractivity contribution in [1.82, 2.24) is 0 Å².